The van der Waals surface area contributed by atoms with Crippen molar-refractivity contribution in [2.45, 2.75) is 82.7 Å². The zero-order valence-corrected chi connectivity index (χ0v) is 19.1. The predicted molar refractivity (Wildman–Crippen MR) is 125 cm³/mol. The van der Waals surface area contributed by atoms with Crippen molar-refractivity contribution < 1.29 is 19.1 Å². The van der Waals surface area contributed by atoms with Crippen molar-refractivity contribution in [3.05, 3.63) is 41.5 Å². The largest absolute Gasteiger partial charge is 0.467 e. The fourth-order valence-corrected chi connectivity index (χ4v) is 4.71. The van der Waals surface area contributed by atoms with Crippen molar-refractivity contribution in [1.29, 1.82) is 0 Å². The van der Waals surface area contributed by atoms with Gasteiger partial charge in [-0.25, -0.2) is 4.79 Å². The van der Waals surface area contributed by atoms with Gasteiger partial charge in [0, 0.05) is 12.8 Å². The summed E-state index contributed by atoms with van der Waals surface area (Å²) in [4.78, 5) is 38.4. The number of allylic oxidation sites excluding steroid dienone is 1. The Bertz CT molecular complexity index is 814. The van der Waals surface area contributed by atoms with Gasteiger partial charge in [0.15, 0.2) is 0 Å². The number of hydrogen-bond acceptors (Lipinski definition) is 4. The van der Waals surface area contributed by atoms with Crippen molar-refractivity contribution in [1.82, 2.24) is 10.6 Å². The summed E-state index contributed by atoms with van der Waals surface area (Å²) in [6.07, 6.45) is 13.9. The van der Waals surface area contributed by atoms with E-state index in [0.717, 1.165) is 68.9 Å². The normalized spacial score (nSPS) is 25.2. The fourth-order valence-electron chi connectivity index (χ4n) is 4.71. The highest BCUT2D eigenvalue weighted by Gasteiger charge is 2.33. The molecule has 2 aliphatic rings. The molecule has 2 amide bonds. The van der Waals surface area contributed by atoms with Gasteiger partial charge in [0.1, 0.15) is 12.1 Å². The third kappa shape index (κ3) is 7.21. The second-order valence-corrected chi connectivity index (χ2v) is 8.98. The molecule has 174 valence electrons. The molecule has 1 saturated carbocycles. The smallest absolute Gasteiger partial charge is 0.328 e. The first-order valence-electron chi connectivity index (χ1n) is 12.0. The topological polar surface area (TPSA) is 84.5 Å². The maximum Gasteiger partial charge on any atom is 0.328 e. The number of carbonyl (C=O) groups excluding carboxylic acids is 3. The zero-order chi connectivity index (χ0) is 22.8. The number of amides is 2. The van der Waals surface area contributed by atoms with E-state index in [1.165, 1.54) is 7.11 Å². The molecule has 1 aliphatic heterocycles. The highest BCUT2D eigenvalue weighted by atomic mass is 16.5. The molecule has 0 unspecified atom stereocenters. The van der Waals surface area contributed by atoms with Gasteiger partial charge < -0.3 is 15.4 Å². The summed E-state index contributed by atoms with van der Waals surface area (Å²) >= 11 is 0. The van der Waals surface area contributed by atoms with Crippen LogP contribution < -0.4 is 10.6 Å². The Morgan fingerprint density at radius 3 is 2.56 bits per heavy atom. The van der Waals surface area contributed by atoms with Gasteiger partial charge in [-0.1, -0.05) is 62.1 Å². The Morgan fingerprint density at radius 1 is 1.00 bits per heavy atom. The Balaban J connectivity index is 1.85. The summed E-state index contributed by atoms with van der Waals surface area (Å²) in [5.74, 6) is -0.760. The van der Waals surface area contributed by atoms with Gasteiger partial charge in [0.25, 0.3) is 0 Å². The Hall–Kier alpha value is -2.63. The highest BCUT2D eigenvalue weighted by molar-refractivity contribution is 5.91. The highest BCUT2D eigenvalue weighted by Crippen LogP contribution is 2.27. The van der Waals surface area contributed by atoms with Crippen LogP contribution >= 0.6 is 0 Å². The summed E-state index contributed by atoms with van der Waals surface area (Å²) in [5, 5.41) is 5.89. The molecule has 1 aromatic rings. The number of benzene rings is 1. The quantitative estimate of drug-likeness (QED) is 0.683. The van der Waals surface area contributed by atoms with Gasteiger partial charge in [-0.3, -0.25) is 9.59 Å². The number of hydrogen-bond donors (Lipinski definition) is 2. The SMILES string of the molecule is COC(=O)[C@@H]1Cc2cccc(c2)/C=C\CCCCCC(=O)N[C@@H](C2CCCCC2)C(=O)N1. The van der Waals surface area contributed by atoms with Gasteiger partial charge >= 0.3 is 5.97 Å². The molecule has 0 radical (unpaired) electrons. The first kappa shape index (κ1) is 24.0. The molecule has 1 heterocycles. The molecule has 1 aliphatic carbocycles. The second kappa shape index (κ2) is 12.4. The molecule has 1 aromatic carbocycles. The van der Waals surface area contributed by atoms with Crippen LogP contribution in [0, 0.1) is 5.92 Å². The van der Waals surface area contributed by atoms with Crippen LogP contribution in [0.1, 0.15) is 75.3 Å². The molecule has 2 bridgehead atoms. The minimum Gasteiger partial charge on any atom is -0.467 e. The van der Waals surface area contributed by atoms with Crippen molar-refractivity contribution in [2.24, 2.45) is 5.92 Å². The number of nitrogens with one attached hydrogen (secondary N) is 2. The van der Waals surface area contributed by atoms with Gasteiger partial charge in [-0.05, 0) is 49.1 Å². The molecule has 3 rings (SSSR count). The van der Waals surface area contributed by atoms with Crippen molar-refractivity contribution in [3.63, 3.8) is 0 Å². The lowest BCUT2D eigenvalue weighted by Gasteiger charge is -2.31. The molecule has 2 N–H and O–H groups in total. The average molecular weight is 441 g/mol. The second-order valence-electron chi connectivity index (χ2n) is 8.98. The van der Waals surface area contributed by atoms with E-state index in [4.69, 9.17) is 4.74 Å². The lowest BCUT2D eigenvalue weighted by molar-refractivity contribution is -0.145. The molecule has 0 spiro atoms. The lowest BCUT2D eigenvalue weighted by Crippen LogP contribution is -2.55. The van der Waals surface area contributed by atoms with Gasteiger partial charge in [0.05, 0.1) is 7.11 Å². The number of carbonyl (C=O) groups is 3. The number of fused-ring (bicyclic) bond motifs is 2. The van der Waals surface area contributed by atoms with Crippen LogP contribution in [0.5, 0.6) is 0 Å². The molecule has 0 aromatic heterocycles. The zero-order valence-electron chi connectivity index (χ0n) is 19.1. The molecule has 1 fully saturated rings. The van der Waals surface area contributed by atoms with Crippen LogP contribution in [0.4, 0.5) is 0 Å². The van der Waals surface area contributed by atoms with Crippen LogP contribution in [0.25, 0.3) is 6.08 Å². The Kier molecular flexibility index (Phi) is 9.32. The molecule has 2 atom stereocenters. The minimum atomic E-state index is -0.801. The van der Waals surface area contributed by atoms with E-state index < -0.39 is 18.1 Å². The predicted octanol–water partition coefficient (Wildman–Crippen LogP) is 3.93. The van der Waals surface area contributed by atoms with Crippen molar-refractivity contribution >= 4 is 23.9 Å². The molecule has 6 nitrogen and oxygen atoms in total. The van der Waals surface area contributed by atoms with Gasteiger partial charge in [-0.15, -0.1) is 0 Å². The average Bonchev–Trinajstić information content (AvgIpc) is 2.81. The lowest BCUT2D eigenvalue weighted by atomic mass is 9.83. The first-order chi connectivity index (χ1) is 15.6. The van der Waals surface area contributed by atoms with Crippen molar-refractivity contribution in [3.8, 4) is 0 Å². The number of ether oxygens (including phenoxy) is 1. The van der Waals surface area contributed by atoms with Crippen LogP contribution in [0.2, 0.25) is 0 Å². The Labute approximate surface area is 191 Å². The maximum absolute atomic E-state index is 13.3. The molecule has 0 saturated heterocycles. The van der Waals surface area contributed by atoms with E-state index in [0.29, 0.717) is 12.8 Å². The number of methoxy groups -OCH3 is 1. The van der Waals surface area contributed by atoms with Crippen LogP contribution in [0.3, 0.4) is 0 Å². The summed E-state index contributed by atoms with van der Waals surface area (Å²) in [5.41, 5.74) is 2.02. The van der Waals surface area contributed by atoms with Crippen LogP contribution in [0.15, 0.2) is 30.3 Å². The van der Waals surface area contributed by atoms with E-state index >= 15 is 0 Å². The van der Waals surface area contributed by atoms with Gasteiger partial charge in [-0.2, -0.15) is 0 Å². The van der Waals surface area contributed by atoms with E-state index in [2.05, 4.69) is 22.8 Å². The third-order valence-electron chi connectivity index (χ3n) is 6.50. The summed E-state index contributed by atoms with van der Waals surface area (Å²) in [6.45, 7) is 0. The third-order valence-corrected chi connectivity index (χ3v) is 6.50. The number of esters is 1. The number of rotatable bonds is 2. The summed E-state index contributed by atoms with van der Waals surface area (Å²) < 4.78 is 4.98. The molecular formula is C26H36N2O4. The molecule has 6 heteroatoms. The monoisotopic (exact) mass is 440 g/mol. The minimum absolute atomic E-state index is 0.0862. The Morgan fingerprint density at radius 2 is 1.78 bits per heavy atom. The van der Waals surface area contributed by atoms with Crippen LogP contribution in [-0.4, -0.2) is 37.0 Å². The van der Waals surface area contributed by atoms with Crippen molar-refractivity contribution in [2.75, 3.05) is 7.11 Å². The van der Waals surface area contributed by atoms with Crippen LogP contribution in [-0.2, 0) is 25.5 Å². The van der Waals surface area contributed by atoms with E-state index in [1.54, 1.807) is 0 Å². The fraction of sp³-hybridized carbons (Fsp3) is 0.577. The first-order valence-corrected chi connectivity index (χ1v) is 12.0. The van der Waals surface area contributed by atoms with E-state index in [-0.39, 0.29) is 17.7 Å². The maximum atomic E-state index is 13.3. The van der Waals surface area contributed by atoms with Gasteiger partial charge in [0.2, 0.25) is 11.8 Å². The standard InChI is InChI=1S/C26H36N2O4/c1-32-26(31)22-18-20-13-10-12-19(17-20)11-6-3-2-4-9-16-23(29)28-24(25(30)27-22)21-14-7-5-8-15-21/h6,10-13,17,21-22,24H,2-5,7-9,14-16,18H2,1H3,(H,27,30)(H,28,29)/b11-6-/t22-,24-/m0/s1. The molecular weight excluding hydrogens is 404 g/mol. The summed E-state index contributed by atoms with van der Waals surface area (Å²) in [7, 11) is 1.33. The van der Waals surface area contributed by atoms with E-state index in [1.807, 2.05) is 24.3 Å². The summed E-state index contributed by atoms with van der Waals surface area (Å²) in [6, 6.07) is 6.57. The van der Waals surface area contributed by atoms with E-state index in [9.17, 15) is 14.4 Å². The molecule has 32 heavy (non-hydrogen) atoms.